The highest BCUT2D eigenvalue weighted by atomic mass is 32.2. The van der Waals surface area contributed by atoms with Crippen molar-refractivity contribution in [2.75, 3.05) is 0 Å². The van der Waals surface area contributed by atoms with Gasteiger partial charge in [0.15, 0.2) is 12.4 Å². The largest absolute Gasteiger partial charge is 0.522 e. The van der Waals surface area contributed by atoms with E-state index in [2.05, 4.69) is 0 Å². The second-order valence-electron chi connectivity index (χ2n) is 4.87. The van der Waals surface area contributed by atoms with Gasteiger partial charge < -0.3 is 0 Å². The summed E-state index contributed by atoms with van der Waals surface area (Å²) in [7, 11) is -9.11. The number of hydrogen-bond acceptors (Lipinski definition) is 4. The molecule has 0 fully saturated rings. The molecule has 138 valence electrons. The molecule has 0 saturated heterocycles. The monoisotopic (exact) mass is 398 g/mol. The molecule has 0 aliphatic rings. The van der Waals surface area contributed by atoms with Crippen LogP contribution < -0.4 is 4.57 Å². The first-order chi connectivity index (χ1) is 11.3. The van der Waals surface area contributed by atoms with Crippen LogP contribution in [0, 0.1) is 6.92 Å². The van der Waals surface area contributed by atoms with Crippen molar-refractivity contribution in [1.29, 1.82) is 0 Å². The summed E-state index contributed by atoms with van der Waals surface area (Å²) < 4.78 is 83.4. The molecule has 0 amide bonds. The summed E-state index contributed by atoms with van der Waals surface area (Å²) in [4.78, 5) is 0.361. The van der Waals surface area contributed by atoms with Crippen LogP contribution in [0.5, 0.6) is 0 Å². The number of benzene rings is 1. The van der Waals surface area contributed by atoms with Crippen LogP contribution in [0.4, 0.5) is 13.2 Å². The smallest absolute Gasteiger partial charge is 0.279 e. The number of alkyl halides is 3. The number of halogens is 3. The predicted octanol–water partition coefficient (Wildman–Crippen LogP) is 2.11. The van der Waals surface area contributed by atoms with Gasteiger partial charge in [-0.15, -0.1) is 0 Å². The molecule has 1 N–H and O–H groups in total. The first-order valence-corrected chi connectivity index (χ1v) is 9.69. The average molecular weight is 398 g/mol. The third kappa shape index (κ3) is 6.80. The Morgan fingerprint density at radius 2 is 1.40 bits per heavy atom. The highest BCUT2D eigenvalue weighted by molar-refractivity contribution is 7.90. The van der Waals surface area contributed by atoms with Crippen molar-refractivity contribution in [2.24, 2.45) is 0 Å². The summed E-state index contributed by atoms with van der Waals surface area (Å²) in [5.74, 6) is -0.0309. The molecule has 2 aromatic rings. The normalized spacial score (nSPS) is 12.2. The SMILES string of the molecule is Cc1ccc(S(=O)(=O)C[n+]2ccccc2)cc1.O=S(=O)(O)C(F)(F)F. The van der Waals surface area contributed by atoms with Crippen LogP contribution in [0.3, 0.4) is 0 Å². The van der Waals surface area contributed by atoms with Crippen LogP contribution in [0.15, 0.2) is 59.8 Å². The topological polar surface area (TPSA) is 92.4 Å². The van der Waals surface area contributed by atoms with Crippen LogP contribution >= 0.6 is 0 Å². The van der Waals surface area contributed by atoms with E-state index in [1.165, 1.54) is 0 Å². The van der Waals surface area contributed by atoms with Gasteiger partial charge >= 0.3 is 15.6 Å². The van der Waals surface area contributed by atoms with E-state index in [-0.39, 0.29) is 5.88 Å². The van der Waals surface area contributed by atoms with E-state index in [4.69, 9.17) is 13.0 Å². The van der Waals surface area contributed by atoms with Gasteiger partial charge in [0.2, 0.25) is 9.84 Å². The molecule has 2 rings (SSSR count). The van der Waals surface area contributed by atoms with Gasteiger partial charge in [0.05, 0.1) is 4.90 Å². The molecular weight excluding hydrogens is 383 g/mol. The lowest BCUT2D eigenvalue weighted by atomic mass is 10.2. The summed E-state index contributed by atoms with van der Waals surface area (Å²) in [5.41, 5.74) is -4.48. The number of rotatable bonds is 3. The minimum absolute atomic E-state index is 0.0309. The highest BCUT2D eigenvalue weighted by Crippen LogP contribution is 2.20. The molecule has 0 radical (unpaired) electrons. The van der Waals surface area contributed by atoms with Crippen LogP contribution in [0.1, 0.15) is 5.56 Å². The molecule has 1 aromatic heterocycles. The second-order valence-corrected chi connectivity index (χ2v) is 8.24. The van der Waals surface area contributed by atoms with Crippen LogP contribution in [-0.2, 0) is 25.8 Å². The molecule has 0 bridgehead atoms. The molecule has 25 heavy (non-hydrogen) atoms. The van der Waals surface area contributed by atoms with E-state index in [0.717, 1.165) is 5.56 Å². The number of nitrogens with zero attached hydrogens (tertiary/aromatic N) is 1. The summed E-state index contributed by atoms with van der Waals surface area (Å²) in [6, 6.07) is 12.4. The Bertz CT molecular complexity index is 894. The van der Waals surface area contributed by atoms with E-state index in [0.29, 0.717) is 4.90 Å². The number of hydrogen-bond donors (Lipinski definition) is 1. The van der Waals surface area contributed by atoms with Gasteiger partial charge in [0, 0.05) is 12.1 Å². The third-order valence-electron chi connectivity index (χ3n) is 2.77. The molecule has 6 nitrogen and oxygen atoms in total. The van der Waals surface area contributed by atoms with Crippen molar-refractivity contribution in [3.63, 3.8) is 0 Å². The molecule has 0 atom stereocenters. The Morgan fingerprint density at radius 3 is 1.80 bits per heavy atom. The Morgan fingerprint density at radius 1 is 0.960 bits per heavy atom. The van der Waals surface area contributed by atoms with Gasteiger partial charge in [-0.05, 0) is 19.1 Å². The number of aryl methyl sites for hydroxylation is 1. The zero-order valence-electron chi connectivity index (χ0n) is 12.9. The van der Waals surface area contributed by atoms with E-state index in [1.807, 2.05) is 37.3 Å². The molecule has 1 aromatic carbocycles. The molecule has 1 heterocycles. The lowest BCUT2D eigenvalue weighted by molar-refractivity contribution is -0.677. The molecule has 0 spiro atoms. The van der Waals surface area contributed by atoms with Crippen molar-refractivity contribution >= 4 is 20.0 Å². The Labute approximate surface area is 143 Å². The molecule has 0 unspecified atom stereocenters. The third-order valence-corrected chi connectivity index (χ3v) is 4.98. The minimum atomic E-state index is -5.84. The minimum Gasteiger partial charge on any atom is -0.279 e. The van der Waals surface area contributed by atoms with E-state index in [9.17, 15) is 21.6 Å². The quantitative estimate of drug-likeness (QED) is 0.486. The van der Waals surface area contributed by atoms with E-state index >= 15 is 0 Å². The Balaban J connectivity index is 0.000000333. The predicted molar refractivity (Wildman–Crippen MR) is 82.6 cm³/mol. The van der Waals surface area contributed by atoms with E-state index in [1.54, 1.807) is 29.1 Å². The maximum Gasteiger partial charge on any atom is 0.522 e. The number of pyridine rings is 1. The van der Waals surface area contributed by atoms with Crippen LogP contribution in [0.25, 0.3) is 0 Å². The fourth-order valence-corrected chi connectivity index (χ4v) is 2.80. The molecular formula is C14H15F3NO5S2+. The fraction of sp³-hybridized carbons (Fsp3) is 0.214. The highest BCUT2D eigenvalue weighted by Gasteiger charge is 2.44. The van der Waals surface area contributed by atoms with Crippen molar-refractivity contribution in [3.05, 3.63) is 60.4 Å². The maximum atomic E-state index is 12.1. The Kier molecular flexibility index (Phi) is 6.68. The standard InChI is InChI=1S/C13H14NO2S.CHF3O3S/c1-12-5-7-13(8-6-12)17(15,16)11-14-9-3-2-4-10-14;2-1(3,4)8(5,6)7/h2-10H,11H2,1H3;(H,5,6,7)/q+1;. The summed E-state index contributed by atoms with van der Waals surface area (Å²) >= 11 is 0. The van der Waals surface area contributed by atoms with Gasteiger partial charge in [0.1, 0.15) is 0 Å². The van der Waals surface area contributed by atoms with Gasteiger partial charge in [-0.3, -0.25) is 4.55 Å². The maximum absolute atomic E-state index is 12.1. The van der Waals surface area contributed by atoms with Gasteiger partial charge in [-0.2, -0.15) is 26.2 Å². The Hall–Kier alpha value is -1.98. The second kappa shape index (κ2) is 7.93. The first kappa shape index (κ1) is 21.1. The van der Waals surface area contributed by atoms with Crippen molar-refractivity contribution in [3.8, 4) is 0 Å². The van der Waals surface area contributed by atoms with Crippen LogP contribution in [-0.4, -0.2) is 26.9 Å². The zero-order chi connectivity index (χ0) is 19.3. The fourth-order valence-electron chi connectivity index (χ4n) is 1.54. The molecule has 0 saturated carbocycles. The van der Waals surface area contributed by atoms with Crippen molar-refractivity contribution in [2.45, 2.75) is 23.2 Å². The average Bonchev–Trinajstić information content (AvgIpc) is 2.47. The number of aromatic nitrogens is 1. The molecule has 0 aliphatic heterocycles. The summed E-state index contributed by atoms with van der Waals surface area (Å²) in [6.45, 7) is 1.93. The molecule has 0 aliphatic carbocycles. The molecule has 11 heteroatoms. The first-order valence-electron chi connectivity index (χ1n) is 6.60. The summed E-state index contributed by atoms with van der Waals surface area (Å²) in [5, 5.41) is 0. The number of sulfone groups is 1. The summed E-state index contributed by atoms with van der Waals surface area (Å²) in [6.07, 6.45) is 3.48. The lowest BCUT2D eigenvalue weighted by Crippen LogP contribution is -2.36. The van der Waals surface area contributed by atoms with Gasteiger partial charge in [-0.25, -0.2) is 8.42 Å². The van der Waals surface area contributed by atoms with Crippen molar-refractivity contribution < 1.29 is 39.1 Å². The van der Waals surface area contributed by atoms with Gasteiger partial charge in [0.25, 0.3) is 5.88 Å². The van der Waals surface area contributed by atoms with Crippen LogP contribution in [0.2, 0.25) is 0 Å². The van der Waals surface area contributed by atoms with Crippen molar-refractivity contribution in [1.82, 2.24) is 0 Å². The van der Waals surface area contributed by atoms with Gasteiger partial charge in [-0.1, -0.05) is 23.8 Å². The zero-order valence-corrected chi connectivity index (χ0v) is 14.5. The lowest BCUT2D eigenvalue weighted by Gasteiger charge is -2.01. The van der Waals surface area contributed by atoms with E-state index < -0.39 is 25.5 Å².